The van der Waals surface area contributed by atoms with Crippen LogP contribution in [0.2, 0.25) is 5.02 Å². The lowest BCUT2D eigenvalue weighted by Crippen LogP contribution is -2.23. The molecule has 11 nitrogen and oxygen atoms in total. The van der Waals surface area contributed by atoms with E-state index in [0.717, 1.165) is 11.0 Å². The summed E-state index contributed by atoms with van der Waals surface area (Å²) in [5, 5.41) is 15.3. The number of rotatable bonds is 5. The molecule has 15 heteroatoms. The summed E-state index contributed by atoms with van der Waals surface area (Å²) in [4.78, 5) is 22.7. The summed E-state index contributed by atoms with van der Waals surface area (Å²) >= 11 is 6.23. The highest BCUT2D eigenvalue weighted by Gasteiger charge is 2.41. The Balaban J connectivity index is 1.38. The van der Waals surface area contributed by atoms with Crippen molar-refractivity contribution in [2.24, 2.45) is 0 Å². The van der Waals surface area contributed by atoms with E-state index in [1.165, 1.54) is 30.9 Å². The number of ether oxygens (including phenoxy) is 2. The lowest BCUT2D eigenvalue weighted by molar-refractivity contribution is -0.143. The number of amides is 1. The van der Waals surface area contributed by atoms with Crippen LogP contribution in [-0.4, -0.2) is 60.5 Å². The molecule has 0 aliphatic carbocycles. The molecular weight excluding hydrogens is 553 g/mol. The molecule has 0 spiro atoms. The number of benzene rings is 1. The zero-order valence-corrected chi connectivity index (χ0v) is 21.1. The summed E-state index contributed by atoms with van der Waals surface area (Å²) in [6.45, 7) is 1.10. The standard InChI is InChI=1S/C25H18ClF3N8O3/c26-18-9-14(10-31-23(18)37-32-5-6-33-37)35-24(38)17-11-34-36(22(17)25(27,28)29)19-12-30-21(20-13-39-7-8-40-20)16-4-2-1-3-15(16)19/h1-6,9-12,20H,7-8,13H2,(H,35,38). The summed E-state index contributed by atoms with van der Waals surface area (Å²) in [6.07, 6.45) is 0.816. The van der Waals surface area contributed by atoms with Crippen LogP contribution in [-0.2, 0) is 15.7 Å². The Hall–Kier alpha value is -4.40. The third kappa shape index (κ3) is 4.76. The molecule has 1 fully saturated rings. The van der Waals surface area contributed by atoms with E-state index in [-0.39, 0.29) is 28.8 Å². The van der Waals surface area contributed by atoms with Gasteiger partial charge >= 0.3 is 6.18 Å². The molecule has 1 aliphatic heterocycles. The van der Waals surface area contributed by atoms with Crippen molar-refractivity contribution >= 4 is 34.0 Å². The van der Waals surface area contributed by atoms with E-state index in [1.54, 1.807) is 24.3 Å². The van der Waals surface area contributed by atoms with E-state index in [0.29, 0.717) is 34.4 Å². The summed E-state index contributed by atoms with van der Waals surface area (Å²) in [5.74, 6) is -0.871. The van der Waals surface area contributed by atoms with Gasteiger partial charge < -0.3 is 14.8 Å². The van der Waals surface area contributed by atoms with Crippen LogP contribution in [0.4, 0.5) is 18.9 Å². The number of nitrogens with zero attached hydrogens (tertiary/aromatic N) is 7. The fourth-order valence-electron chi connectivity index (χ4n) is 4.41. The SMILES string of the molecule is O=C(Nc1cnc(-n2nccn2)c(Cl)c1)c1cnn(-c2cnc(C3COCCO3)c3ccccc23)c1C(F)(F)F. The van der Waals surface area contributed by atoms with Crippen molar-refractivity contribution < 1.29 is 27.4 Å². The fraction of sp³-hybridized carbons (Fsp3) is 0.200. The van der Waals surface area contributed by atoms with Crippen molar-refractivity contribution in [3.05, 3.63) is 83.3 Å². The van der Waals surface area contributed by atoms with Gasteiger partial charge in [0.1, 0.15) is 6.10 Å². The van der Waals surface area contributed by atoms with E-state index in [4.69, 9.17) is 21.1 Å². The first-order chi connectivity index (χ1) is 19.3. The summed E-state index contributed by atoms with van der Waals surface area (Å²) < 4.78 is 55.2. The molecule has 4 aromatic heterocycles. The van der Waals surface area contributed by atoms with Gasteiger partial charge in [-0.15, -0.1) is 4.80 Å². The van der Waals surface area contributed by atoms with Gasteiger partial charge in [0.25, 0.3) is 5.91 Å². The van der Waals surface area contributed by atoms with Crippen LogP contribution in [0.5, 0.6) is 0 Å². The van der Waals surface area contributed by atoms with Gasteiger partial charge in [0.05, 0.1) is 78.5 Å². The second-order valence-electron chi connectivity index (χ2n) is 8.63. The van der Waals surface area contributed by atoms with Gasteiger partial charge in [-0.2, -0.15) is 28.5 Å². The molecule has 40 heavy (non-hydrogen) atoms. The Bertz CT molecular complexity index is 1700. The molecule has 1 amide bonds. The summed E-state index contributed by atoms with van der Waals surface area (Å²) in [6, 6.07) is 8.17. The van der Waals surface area contributed by atoms with Gasteiger partial charge in [-0.1, -0.05) is 35.9 Å². The van der Waals surface area contributed by atoms with Gasteiger partial charge in [0.2, 0.25) is 0 Å². The Morgan fingerprint density at radius 2 is 1.80 bits per heavy atom. The molecular formula is C25H18ClF3N8O3. The summed E-state index contributed by atoms with van der Waals surface area (Å²) in [7, 11) is 0. The van der Waals surface area contributed by atoms with E-state index >= 15 is 0 Å². The Morgan fingerprint density at radius 1 is 1.02 bits per heavy atom. The fourth-order valence-corrected chi connectivity index (χ4v) is 4.65. The highest BCUT2D eigenvalue weighted by Crippen LogP contribution is 2.37. The van der Waals surface area contributed by atoms with E-state index in [2.05, 4.69) is 30.6 Å². The molecule has 1 aliphatic rings. The number of anilines is 1. The molecule has 1 saturated heterocycles. The van der Waals surface area contributed by atoms with Crippen molar-refractivity contribution in [3.63, 3.8) is 0 Å². The molecule has 204 valence electrons. The number of fused-ring (bicyclic) bond motifs is 1. The maximum atomic E-state index is 14.4. The average molecular weight is 571 g/mol. The highest BCUT2D eigenvalue weighted by atomic mass is 35.5. The van der Waals surface area contributed by atoms with Gasteiger partial charge in [0.15, 0.2) is 11.5 Å². The van der Waals surface area contributed by atoms with Crippen molar-refractivity contribution in [2.45, 2.75) is 12.3 Å². The van der Waals surface area contributed by atoms with Crippen LogP contribution in [0.25, 0.3) is 22.3 Å². The Labute approximate surface area is 228 Å². The molecule has 0 saturated carbocycles. The first-order valence-corrected chi connectivity index (χ1v) is 12.2. The van der Waals surface area contributed by atoms with Crippen molar-refractivity contribution in [1.29, 1.82) is 0 Å². The molecule has 1 aromatic carbocycles. The van der Waals surface area contributed by atoms with Gasteiger partial charge in [-0.05, 0) is 6.07 Å². The van der Waals surface area contributed by atoms with Crippen LogP contribution in [0.1, 0.15) is 27.8 Å². The number of halogens is 4. The van der Waals surface area contributed by atoms with Crippen LogP contribution in [0, 0.1) is 0 Å². The number of hydrogen-bond donors (Lipinski definition) is 1. The second kappa shape index (κ2) is 10.3. The Morgan fingerprint density at radius 3 is 2.50 bits per heavy atom. The van der Waals surface area contributed by atoms with Crippen LogP contribution < -0.4 is 5.32 Å². The van der Waals surface area contributed by atoms with Crippen molar-refractivity contribution in [3.8, 4) is 11.5 Å². The van der Waals surface area contributed by atoms with Crippen molar-refractivity contribution in [1.82, 2.24) is 34.7 Å². The predicted octanol–water partition coefficient (Wildman–Crippen LogP) is 4.41. The molecule has 5 aromatic rings. The molecule has 1 N–H and O–H groups in total. The highest BCUT2D eigenvalue weighted by molar-refractivity contribution is 6.32. The lowest BCUT2D eigenvalue weighted by Gasteiger charge is -2.24. The predicted molar refractivity (Wildman–Crippen MR) is 135 cm³/mol. The monoisotopic (exact) mass is 570 g/mol. The van der Waals surface area contributed by atoms with Crippen LogP contribution in [0.15, 0.2) is 61.3 Å². The zero-order chi connectivity index (χ0) is 27.9. The third-order valence-corrected chi connectivity index (χ3v) is 6.40. The number of nitrogens with one attached hydrogen (secondary N) is 1. The third-order valence-electron chi connectivity index (χ3n) is 6.12. The number of carbonyl (C=O) groups is 1. The van der Waals surface area contributed by atoms with Gasteiger partial charge in [0, 0.05) is 10.8 Å². The van der Waals surface area contributed by atoms with E-state index in [1.807, 2.05) is 0 Å². The van der Waals surface area contributed by atoms with Gasteiger partial charge in [-0.3, -0.25) is 9.78 Å². The largest absolute Gasteiger partial charge is 0.434 e. The normalized spacial score (nSPS) is 15.8. The minimum Gasteiger partial charge on any atom is -0.376 e. The molecule has 0 bridgehead atoms. The summed E-state index contributed by atoms with van der Waals surface area (Å²) in [5.41, 5.74) is -1.31. The molecule has 6 rings (SSSR count). The Kier molecular flexibility index (Phi) is 6.65. The first-order valence-electron chi connectivity index (χ1n) is 11.9. The number of hydrogen-bond acceptors (Lipinski definition) is 8. The minimum atomic E-state index is -4.94. The van der Waals surface area contributed by atoms with Crippen LogP contribution >= 0.6 is 11.6 Å². The zero-order valence-electron chi connectivity index (χ0n) is 20.3. The quantitative estimate of drug-likeness (QED) is 0.330. The molecule has 5 heterocycles. The minimum absolute atomic E-state index is 0.0447. The molecule has 1 atom stereocenters. The number of carbonyl (C=O) groups excluding carboxylic acids is 1. The number of alkyl halides is 3. The maximum absolute atomic E-state index is 14.4. The smallest absolute Gasteiger partial charge is 0.376 e. The van der Waals surface area contributed by atoms with Gasteiger partial charge in [-0.25, -0.2) is 9.67 Å². The van der Waals surface area contributed by atoms with E-state index in [9.17, 15) is 18.0 Å². The first kappa shape index (κ1) is 25.9. The number of pyridine rings is 2. The number of aromatic nitrogens is 7. The van der Waals surface area contributed by atoms with Crippen LogP contribution in [0.3, 0.4) is 0 Å². The molecule has 0 radical (unpaired) electrons. The topological polar surface area (TPSA) is 122 Å². The molecule has 1 unspecified atom stereocenters. The average Bonchev–Trinajstić information content (AvgIpc) is 3.64. The maximum Gasteiger partial charge on any atom is 0.434 e. The lowest BCUT2D eigenvalue weighted by atomic mass is 10.0. The van der Waals surface area contributed by atoms with Crippen molar-refractivity contribution in [2.75, 3.05) is 25.1 Å². The second-order valence-corrected chi connectivity index (χ2v) is 9.03. The van der Waals surface area contributed by atoms with E-state index < -0.39 is 29.4 Å².